The average molecular weight is 332 g/mol. The van der Waals surface area contributed by atoms with Crippen LogP contribution in [0.4, 0.5) is 0 Å². The first-order chi connectivity index (χ1) is 11.2. The predicted molar refractivity (Wildman–Crippen MR) is 93.7 cm³/mol. The fourth-order valence-electron chi connectivity index (χ4n) is 2.95. The second-order valence-corrected chi connectivity index (χ2v) is 7.56. The summed E-state index contributed by atoms with van der Waals surface area (Å²) >= 11 is 0. The Balaban J connectivity index is 1.97. The molecule has 24 heavy (non-hydrogen) atoms. The number of rotatable bonds is 4. The predicted octanol–water partition coefficient (Wildman–Crippen LogP) is 2.48. The third-order valence-corrected chi connectivity index (χ3v) is 4.52. The number of hydrogen-bond acceptors (Lipinski definition) is 3. The maximum absolute atomic E-state index is 12.5. The van der Waals surface area contributed by atoms with Crippen molar-refractivity contribution >= 4 is 11.8 Å². The molecule has 0 radical (unpaired) electrons. The Hall–Kier alpha value is -2.04. The van der Waals surface area contributed by atoms with Gasteiger partial charge in [0, 0.05) is 13.1 Å². The number of ether oxygens (including phenoxy) is 1. The Bertz CT molecular complexity index is 590. The average Bonchev–Trinajstić information content (AvgIpc) is 2.53. The molecule has 2 atom stereocenters. The molecule has 0 aliphatic carbocycles. The molecule has 0 spiro atoms. The van der Waals surface area contributed by atoms with Crippen LogP contribution in [0.1, 0.15) is 46.1 Å². The number of benzene rings is 1. The Kier molecular flexibility index (Phi) is 5.52. The molecule has 2 N–H and O–H groups in total. The number of carbonyl (C=O) groups is 2. The molecule has 1 aliphatic rings. The fourth-order valence-corrected chi connectivity index (χ4v) is 2.95. The number of nitrogens with two attached hydrogens (primary N) is 1. The van der Waals surface area contributed by atoms with E-state index in [2.05, 4.69) is 20.8 Å². The smallest absolute Gasteiger partial charge is 0.263 e. The SMILES string of the molecule is CC(Oc1ccc(C(C)(C)C)cc1)C(=O)N1CCCC(C(N)=O)C1. The minimum atomic E-state index is -0.586. The zero-order chi connectivity index (χ0) is 17.9. The van der Waals surface area contributed by atoms with Crippen LogP contribution in [0, 0.1) is 5.92 Å². The van der Waals surface area contributed by atoms with Crippen molar-refractivity contribution in [3.05, 3.63) is 29.8 Å². The van der Waals surface area contributed by atoms with E-state index in [0.717, 1.165) is 12.8 Å². The van der Waals surface area contributed by atoms with Crippen LogP contribution in [0.2, 0.25) is 0 Å². The minimum Gasteiger partial charge on any atom is -0.481 e. The molecule has 2 amide bonds. The van der Waals surface area contributed by atoms with Gasteiger partial charge in [0.2, 0.25) is 5.91 Å². The van der Waals surface area contributed by atoms with Crippen LogP contribution in [0.3, 0.4) is 0 Å². The van der Waals surface area contributed by atoms with E-state index in [4.69, 9.17) is 10.5 Å². The summed E-state index contributed by atoms with van der Waals surface area (Å²) in [4.78, 5) is 25.6. The topological polar surface area (TPSA) is 72.6 Å². The van der Waals surface area contributed by atoms with Crippen LogP contribution in [-0.4, -0.2) is 35.9 Å². The van der Waals surface area contributed by atoms with E-state index < -0.39 is 6.10 Å². The number of hydrogen-bond donors (Lipinski definition) is 1. The van der Waals surface area contributed by atoms with Gasteiger partial charge >= 0.3 is 0 Å². The monoisotopic (exact) mass is 332 g/mol. The maximum atomic E-state index is 12.5. The zero-order valence-electron chi connectivity index (χ0n) is 15.0. The molecule has 1 aromatic rings. The van der Waals surface area contributed by atoms with Gasteiger partial charge in [0.25, 0.3) is 5.91 Å². The molecule has 1 aliphatic heterocycles. The lowest BCUT2D eigenvalue weighted by molar-refractivity contribution is -0.141. The van der Waals surface area contributed by atoms with Crippen molar-refractivity contribution < 1.29 is 14.3 Å². The normalized spacial score (nSPS) is 19.7. The molecule has 0 saturated carbocycles. The molecule has 1 saturated heterocycles. The molecule has 1 fully saturated rings. The van der Waals surface area contributed by atoms with Crippen molar-refractivity contribution in [3.63, 3.8) is 0 Å². The summed E-state index contributed by atoms with van der Waals surface area (Å²) in [5.41, 5.74) is 6.67. The van der Waals surface area contributed by atoms with Gasteiger partial charge in [-0.15, -0.1) is 0 Å². The maximum Gasteiger partial charge on any atom is 0.263 e. The van der Waals surface area contributed by atoms with Crippen LogP contribution in [0.15, 0.2) is 24.3 Å². The number of amides is 2. The van der Waals surface area contributed by atoms with Gasteiger partial charge in [-0.1, -0.05) is 32.9 Å². The third-order valence-electron chi connectivity index (χ3n) is 4.52. The number of likely N-dealkylation sites (tertiary alicyclic amines) is 1. The lowest BCUT2D eigenvalue weighted by atomic mass is 9.87. The number of primary amides is 1. The van der Waals surface area contributed by atoms with Crippen LogP contribution >= 0.6 is 0 Å². The van der Waals surface area contributed by atoms with E-state index in [-0.39, 0.29) is 23.1 Å². The minimum absolute atomic E-state index is 0.0809. The van der Waals surface area contributed by atoms with Gasteiger partial charge in [-0.25, -0.2) is 0 Å². The van der Waals surface area contributed by atoms with Crippen LogP contribution in [-0.2, 0) is 15.0 Å². The van der Waals surface area contributed by atoms with Crippen molar-refractivity contribution in [2.45, 2.75) is 52.1 Å². The van der Waals surface area contributed by atoms with E-state index in [9.17, 15) is 9.59 Å². The molecule has 132 valence electrons. The highest BCUT2D eigenvalue weighted by molar-refractivity contribution is 5.83. The van der Waals surface area contributed by atoms with Crippen molar-refractivity contribution in [2.75, 3.05) is 13.1 Å². The summed E-state index contributed by atoms with van der Waals surface area (Å²) in [5, 5.41) is 0. The summed E-state index contributed by atoms with van der Waals surface area (Å²) in [7, 11) is 0. The third kappa shape index (κ3) is 4.49. The van der Waals surface area contributed by atoms with Gasteiger partial charge in [0.1, 0.15) is 5.75 Å². The van der Waals surface area contributed by atoms with Gasteiger partial charge in [0.15, 0.2) is 6.10 Å². The van der Waals surface area contributed by atoms with Gasteiger partial charge in [-0.2, -0.15) is 0 Å². The highest BCUT2D eigenvalue weighted by Crippen LogP contribution is 2.25. The van der Waals surface area contributed by atoms with Gasteiger partial charge in [-0.05, 0) is 42.9 Å². The quantitative estimate of drug-likeness (QED) is 0.920. The lowest BCUT2D eigenvalue weighted by Crippen LogP contribution is -2.48. The van der Waals surface area contributed by atoms with Crippen molar-refractivity contribution in [1.82, 2.24) is 4.90 Å². The number of carbonyl (C=O) groups excluding carboxylic acids is 2. The zero-order valence-corrected chi connectivity index (χ0v) is 15.0. The van der Waals surface area contributed by atoms with Gasteiger partial charge in [-0.3, -0.25) is 9.59 Å². The van der Waals surface area contributed by atoms with Crippen molar-refractivity contribution in [2.24, 2.45) is 11.7 Å². The molecule has 0 aromatic heterocycles. The summed E-state index contributed by atoms with van der Waals surface area (Å²) in [6.45, 7) is 9.25. The summed E-state index contributed by atoms with van der Waals surface area (Å²) in [6, 6.07) is 7.84. The highest BCUT2D eigenvalue weighted by atomic mass is 16.5. The Morgan fingerprint density at radius 1 is 1.25 bits per heavy atom. The Morgan fingerprint density at radius 2 is 1.88 bits per heavy atom. The second-order valence-electron chi connectivity index (χ2n) is 7.56. The van der Waals surface area contributed by atoms with E-state index in [1.54, 1.807) is 11.8 Å². The summed E-state index contributed by atoms with van der Waals surface area (Å²) in [6.07, 6.45) is 0.965. The first-order valence-electron chi connectivity index (χ1n) is 8.54. The summed E-state index contributed by atoms with van der Waals surface area (Å²) in [5.74, 6) is -0.00651. The summed E-state index contributed by atoms with van der Waals surface area (Å²) < 4.78 is 5.79. The van der Waals surface area contributed by atoms with Crippen molar-refractivity contribution in [1.29, 1.82) is 0 Å². The molecule has 1 aromatic carbocycles. The standard InChI is InChI=1S/C19H28N2O3/c1-13(18(23)21-11-5-6-14(12-21)17(20)22)24-16-9-7-15(8-10-16)19(2,3)4/h7-10,13-14H,5-6,11-12H2,1-4H3,(H2,20,22). The molecular weight excluding hydrogens is 304 g/mol. The van der Waals surface area contributed by atoms with E-state index in [1.807, 2.05) is 24.3 Å². The Morgan fingerprint density at radius 3 is 2.42 bits per heavy atom. The first-order valence-corrected chi connectivity index (χ1v) is 8.54. The van der Waals surface area contributed by atoms with Crippen molar-refractivity contribution in [3.8, 4) is 5.75 Å². The van der Waals surface area contributed by atoms with E-state index in [1.165, 1.54) is 5.56 Å². The molecule has 2 rings (SSSR count). The number of piperidine rings is 1. The second kappa shape index (κ2) is 7.24. The fraction of sp³-hybridized carbons (Fsp3) is 0.579. The van der Waals surface area contributed by atoms with Crippen LogP contribution in [0.5, 0.6) is 5.75 Å². The molecular formula is C19H28N2O3. The van der Waals surface area contributed by atoms with Gasteiger partial charge < -0.3 is 15.4 Å². The van der Waals surface area contributed by atoms with E-state index >= 15 is 0 Å². The van der Waals surface area contributed by atoms with Crippen LogP contribution in [0.25, 0.3) is 0 Å². The molecule has 5 heteroatoms. The lowest BCUT2D eigenvalue weighted by Gasteiger charge is -2.33. The van der Waals surface area contributed by atoms with E-state index in [0.29, 0.717) is 18.8 Å². The molecule has 0 bridgehead atoms. The first kappa shape index (κ1) is 18.3. The molecule has 1 heterocycles. The largest absolute Gasteiger partial charge is 0.481 e. The highest BCUT2D eigenvalue weighted by Gasteiger charge is 2.30. The van der Waals surface area contributed by atoms with Crippen LogP contribution < -0.4 is 10.5 Å². The Labute approximate surface area is 144 Å². The number of nitrogens with zero attached hydrogens (tertiary/aromatic N) is 1. The van der Waals surface area contributed by atoms with Gasteiger partial charge in [0.05, 0.1) is 5.92 Å². The molecule has 2 unspecified atom stereocenters. The molecule has 5 nitrogen and oxygen atoms in total.